The van der Waals surface area contributed by atoms with Gasteiger partial charge in [0, 0.05) is 44.0 Å². The van der Waals surface area contributed by atoms with Gasteiger partial charge in [-0.25, -0.2) is 0 Å². The lowest BCUT2D eigenvalue weighted by Gasteiger charge is -2.19. The quantitative estimate of drug-likeness (QED) is 0.192. The molecule has 8 aromatic rings. The van der Waals surface area contributed by atoms with Crippen molar-refractivity contribution >= 4 is 43.6 Å². The largest absolute Gasteiger partial charge is 0.309 e. The van der Waals surface area contributed by atoms with Crippen molar-refractivity contribution in [2.75, 3.05) is 0 Å². The number of hydrogen-bond donors (Lipinski definition) is 0. The molecular formula is C46H38N4. The first-order chi connectivity index (χ1) is 24.0. The number of para-hydroxylation sites is 2. The summed E-state index contributed by atoms with van der Waals surface area (Å²) >= 11 is 0. The number of hydrogen-bond acceptors (Lipinski definition) is 2. The Hall–Kier alpha value is -6.10. The van der Waals surface area contributed by atoms with E-state index in [9.17, 15) is 10.5 Å². The summed E-state index contributed by atoms with van der Waals surface area (Å²) in [5.74, 6) is 0. The molecule has 0 aliphatic rings. The molecular weight excluding hydrogens is 609 g/mol. The second-order valence-electron chi connectivity index (χ2n) is 15.4. The minimum Gasteiger partial charge on any atom is -0.309 e. The maximum Gasteiger partial charge on any atom is 0.0998 e. The van der Waals surface area contributed by atoms with Crippen molar-refractivity contribution in [1.29, 1.82) is 10.5 Å². The van der Waals surface area contributed by atoms with Crippen LogP contribution in [0.3, 0.4) is 0 Å². The highest BCUT2D eigenvalue weighted by Gasteiger charge is 2.21. The minimum absolute atomic E-state index is 0.0168. The second kappa shape index (κ2) is 11.2. The van der Waals surface area contributed by atoms with Gasteiger partial charge in [0.2, 0.25) is 0 Å². The summed E-state index contributed by atoms with van der Waals surface area (Å²) in [7, 11) is 0. The number of aromatic nitrogens is 2. The summed E-state index contributed by atoms with van der Waals surface area (Å²) in [6.07, 6.45) is 0. The van der Waals surface area contributed by atoms with E-state index in [1.807, 2.05) is 24.3 Å². The Morgan fingerprint density at radius 1 is 0.420 bits per heavy atom. The Balaban J connectivity index is 1.37. The number of benzene rings is 6. The Kier molecular flexibility index (Phi) is 7.00. The van der Waals surface area contributed by atoms with E-state index < -0.39 is 0 Å². The van der Waals surface area contributed by atoms with Gasteiger partial charge in [-0.3, -0.25) is 0 Å². The second-order valence-corrected chi connectivity index (χ2v) is 15.4. The third kappa shape index (κ3) is 4.88. The van der Waals surface area contributed by atoms with Crippen LogP contribution in [0.4, 0.5) is 0 Å². The van der Waals surface area contributed by atoms with Crippen LogP contribution in [0.1, 0.15) is 63.8 Å². The SMILES string of the molecule is CC(C)(C)c1ccc2c(c1)c1ccccc1n2-c1ccc(C#N)c(-c2cc(-n3c4ccccc4c4cc(C(C)(C)C)ccc43)ccc2C#N)c1. The molecule has 0 fully saturated rings. The lowest BCUT2D eigenvalue weighted by atomic mass is 9.86. The molecule has 0 spiro atoms. The van der Waals surface area contributed by atoms with Crippen LogP contribution >= 0.6 is 0 Å². The van der Waals surface area contributed by atoms with Gasteiger partial charge in [0.1, 0.15) is 0 Å². The highest BCUT2D eigenvalue weighted by Crippen LogP contribution is 2.39. The Bertz CT molecular complexity index is 2550. The van der Waals surface area contributed by atoms with E-state index in [0.717, 1.165) is 44.6 Å². The molecule has 0 saturated heterocycles. The fourth-order valence-corrected chi connectivity index (χ4v) is 7.42. The molecule has 0 N–H and O–H groups in total. The maximum atomic E-state index is 10.4. The standard InChI is InChI=1S/C46H38N4/c1-45(2,3)31-17-21-43-39(23-31)35-11-7-9-13-41(35)49(43)33-19-15-29(27-47)37(25-33)38-26-34(20-16-30(38)28-48)50-42-14-10-8-12-36(42)40-24-32(46(4,5)6)18-22-44(40)50/h7-26H,1-6H3. The maximum absolute atomic E-state index is 10.4. The zero-order chi connectivity index (χ0) is 34.9. The molecule has 0 atom stereocenters. The molecule has 2 heterocycles. The minimum atomic E-state index is 0.0168. The van der Waals surface area contributed by atoms with Gasteiger partial charge < -0.3 is 9.13 Å². The molecule has 6 aromatic carbocycles. The predicted molar refractivity (Wildman–Crippen MR) is 207 cm³/mol. The molecule has 0 amide bonds. The molecule has 0 unspecified atom stereocenters. The summed E-state index contributed by atoms with van der Waals surface area (Å²) in [6.45, 7) is 13.4. The Morgan fingerprint density at radius 3 is 1.18 bits per heavy atom. The first kappa shape index (κ1) is 31.2. The summed E-state index contributed by atoms with van der Waals surface area (Å²) in [5, 5.41) is 25.5. The summed E-state index contributed by atoms with van der Waals surface area (Å²) in [5.41, 5.74) is 11.4. The molecule has 8 rings (SSSR count). The van der Waals surface area contributed by atoms with Crippen molar-refractivity contribution in [2.24, 2.45) is 0 Å². The predicted octanol–water partition coefficient (Wildman–Crippen LogP) is 11.9. The molecule has 0 bridgehead atoms. The molecule has 0 saturated carbocycles. The fraction of sp³-hybridized carbons (Fsp3) is 0.174. The normalized spacial score (nSPS) is 12.2. The van der Waals surface area contributed by atoms with Gasteiger partial charge in [0.05, 0.1) is 45.3 Å². The van der Waals surface area contributed by atoms with Crippen molar-refractivity contribution in [3.63, 3.8) is 0 Å². The highest BCUT2D eigenvalue weighted by atomic mass is 15.0. The molecule has 2 aromatic heterocycles. The van der Waals surface area contributed by atoms with Crippen LogP contribution in [0.25, 0.3) is 66.1 Å². The van der Waals surface area contributed by atoms with Gasteiger partial charge in [-0.05, 0) is 94.8 Å². The first-order valence-corrected chi connectivity index (χ1v) is 17.1. The summed E-state index contributed by atoms with van der Waals surface area (Å²) in [6, 6.07) is 47.3. The van der Waals surface area contributed by atoms with E-state index >= 15 is 0 Å². The number of nitrogens with zero attached hydrogens (tertiary/aromatic N) is 4. The molecule has 50 heavy (non-hydrogen) atoms. The Labute approximate surface area is 293 Å². The van der Waals surface area contributed by atoms with Gasteiger partial charge in [-0.1, -0.05) is 90.1 Å². The molecule has 0 aliphatic carbocycles. The zero-order valence-corrected chi connectivity index (χ0v) is 29.3. The lowest BCUT2D eigenvalue weighted by Crippen LogP contribution is -2.10. The van der Waals surface area contributed by atoms with Gasteiger partial charge in [0.25, 0.3) is 0 Å². The third-order valence-corrected chi connectivity index (χ3v) is 10.1. The van der Waals surface area contributed by atoms with E-state index in [0.29, 0.717) is 11.1 Å². The summed E-state index contributed by atoms with van der Waals surface area (Å²) < 4.78 is 4.55. The number of rotatable bonds is 3. The first-order valence-electron chi connectivity index (χ1n) is 17.1. The highest BCUT2D eigenvalue weighted by molar-refractivity contribution is 6.10. The van der Waals surface area contributed by atoms with E-state index in [4.69, 9.17) is 0 Å². The number of fused-ring (bicyclic) bond motifs is 6. The van der Waals surface area contributed by atoms with Crippen molar-refractivity contribution in [2.45, 2.75) is 52.4 Å². The average Bonchev–Trinajstić information content (AvgIpc) is 3.62. The van der Waals surface area contributed by atoms with Gasteiger partial charge in [-0.2, -0.15) is 10.5 Å². The van der Waals surface area contributed by atoms with Crippen LogP contribution in [-0.2, 0) is 10.8 Å². The van der Waals surface area contributed by atoms with Crippen LogP contribution in [0.5, 0.6) is 0 Å². The van der Waals surface area contributed by atoms with Crippen molar-refractivity contribution in [3.8, 4) is 34.6 Å². The lowest BCUT2D eigenvalue weighted by molar-refractivity contribution is 0.591. The van der Waals surface area contributed by atoms with Crippen molar-refractivity contribution in [1.82, 2.24) is 9.13 Å². The zero-order valence-electron chi connectivity index (χ0n) is 29.3. The van der Waals surface area contributed by atoms with Crippen LogP contribution in [0.15, 0.2) is 121 Å². The van der Waals surface area contributed by atoms with E-state index in [2.05, 4.69) is 160 Å². The van der Waals surface area contributed by atoms with E-state index in [1.165, 1.54) is 32.7 Å². The van der Waals surface area contributed by atoms with Crippen LogP contribution < -0.4 is 0 Å². The van der Waals surface area contributed by atoms with Crippen LogP contribution in [0, 0.1) is 22.7 Å². The molecule has 0 radical (unpaired) electrons. The van der Waals surface area contributed by atoms with Crippen molar-refractivity contribution < 1.29 is 0 Å². The number of nitriles is 2. The molecule has 4 heteroatoms. The summed E-state index contributed by atoms with van der Waals surface area (Å²) in [4.78, 5) is 0. The smallest absolute Gasteiger partial charge is 0.0998 e. The average molecular weight is 647 g/mol. The molecule has 0 aliphatic heterocycles. The fourth-order valence-electron chi connectivity index (χ4n) is 7.42. The third-order valence-electron chi connectivity index (χ3n) is 10.1. The van der Waals surface area contributed by atoms with Gasteiger partial charge >= 0.3 is 0 Å². The molecule has 242 valence electrons. The van der Waals surface area contributed by atoms with Crippen LogP contribution in [-0.4, -0.2) is 9.13 Å². The van der Waals surface area contributed by atoms with Gasteiger partial charge in [-0.15, -0.1) is 0 Å². The topological polar surface area (TPSA) is 57.4 Å². The Morgan fingerprint density at radius 2 is 0.800 bits per heavy atom. The van der Waals surface area contributed by atoms with E-state index in [1.54, 1.807) is 0 Å². The molecule has 4 nitrogen and oxygen atoms in total. The van der Waals surface area contributed by atoms with Gasteiger partial charge in [0.15, 0.2) is 0 Å². The van der Waals surface area contributed by atoms with Crippen molar-refractivity contribution in [3.05, 3.63) is 144 Å². The van der Waals surface area contributed by atoms with E-state index in [-0.39, 0.29) is 10.8 Å². The van der Waals surface area contributed by atoms with Crippen LogP contribution in [0.2, 0.25) is 0 Å². The monoisotopic (exact) mass is 646 g/mol.